The van der Waals surface area contributed by atoms with Crippen LogP contribution in [0.2, 0.25) is 0 Å². The van der Waals surface area contributed by atoms with Crippen LogP contribution in [0.25, 0.3) is 0 Å². The molecule has 1 aliphatic heterocycles. The molecule has 1 fully saturated rings. The summed E-state index contributed by atoms with van der Waals surface area (Å²) in [7, 11) is 3.77. The van der Waals surface area contributed by atoms with E-state index in [0.717, 1.165) is 37.6 Å². The van der Waals surface area contributed by atoms with Crippen LogP contribution in [-0.2, 0) is 17.2 Å². The molecule has 2 aliphatic rings. The van der Waals surface area contributed by atoms with E-state index >= 15 is 0 Å². The minimum atomic E-state index is 0.0900. The lowest BCUT2D eigenvalue weighted by atomic mass is 9.86. The van der Waals surface area contributed by atoms with Crippen molar-refractivity contribution in [2.45, 2.75) is 44.2 Å². The smallest absolute Gasteiger partial charge is 0.137 e. The molecule has 5 nitrogen and oxygen atoms in total. The average molecular weight is 355 g/mol. The van der Waals surface area contributed by atoms with Crippen molar-refractivity contribution in [3.8, 4) is 5.75 Å². The van der Waals surface area contributed by atoms with Crippen LogP contribution < -0.4 is 10.1 Å². The number of hydrogen-bond acceptors (Lipinski definition) is 4. The highest BCUT2D eigenvalue weighted by Crippen LogP contribution is 2.46. The molecule has 0 bridgehead atoms. The van der Waals surface area contributed by atoms with Gasteiger partial charge in [-0.1, -0.05) is 19.9 Å². The fraction of sp³-hybridized carbons (Fsp3) is 0.571. The van der Waals surface area contributed by atoms with Crippen molar-refractivity contribution < 1.29 is 9.47 Å². The van der Waals surface area contributed by atoms with Gasteiger partial charge in [0.15, 0.2) is 0 Å². The highest BCUT2D eigenvalue weighted by atomic mass is 16.5. The summed E-state index contributed by atoms with van der Waals surface area (Å²) in [5, 5.41) is 3.83. The van der Waals surface area contributed by atoms with Crippen LogP contribution in [0.15, 0.2) is 30.6 Å². The zero-order valence-electron chi connectivity index (χ0n) is 16.2. The first kappa shape index (κ1) is 17.6. The second-order valence-corrected chi connectivity index (χ2v) is 8.24. The molecule has 4 rings (SSSR count). The number of nitrogens with one attached hydrogen (secondary N) is 1. The van der Waals surface area contributed by atoms with E-state index in [1.54, 1.807) is 7.11 Å². The van der Waals surface area contributed by atoms with Gasteiger partial charge in [0.05, 0.1) is 7.11 Å². The van der Waals surface area contributed by atoms with Crippen LogP contribution in [0, 0.1) is 5.92 Å². The molecule has 1 N–H and O–H groups in total. The maximum absolute atomic E-state index is 6.01. The van der Waals surface area contributed by atoms with Crippen molar-refractivity contribution in [2.75, 3.05) is 20.3 Å². The van der Waals surface area contributed by atoms with E-state index in [2.05, 4.69) is 46.9 Å². The van der Waals surface area contributed by atoms with E-state index in [4.69, 9.17) is 9.47 Å². The second kappa shape index (κ2) is 6.71. The number of aryl methyl sites for hydroxylation is 1. The summed E-state index contributed by atoms with van der Waals surface area (Å²) < 4.78 is 13.5. The van der Waals surface area contributed by atoms with E-state index < -0.39 is 0 Å². The van der Waals surface area contributed by atoms with Gasteiger partial charge < -0.3 is 19.4 Å². The molecule has 26 heavy (non-hydrogen) atoms. The summed E-state index contributed by atoms with van der Waals surface area (Å²) in [4.78, 5) is 4.50. The van der Waals surface area contributed by atoms with E-state index in [1.807, 2.05) is 19.4 Å². The largest absolute Gasteiger partial charge is 0.497 e. The molecule has 140 valence electrons. The number of aromatic nitrogens is 2. The molecule has 2 heterocycles. The minimum Gasteiger partial charge on any atom is -0.497 e. The predicted molar refractivity (Wildman–Crippen MR) is 101 cm³/mol. The normalized spacial score (nSPS) is 26.8. The van der Waals surface area contributed by atoms with Gasteiger partial charge in [-0.15, -0.1) is 0 Å². The molecular weight excluding hydrogens is 326 g/mol. The Morgan fingerprint density at radius 3 is 2.96 bits per heavy atom. The lowest BCUT2D eigenvalue weighted by molar-refractivity contribution is 0.0803. The van der Waals surface area contributed by atoms with Crippen LogP contribution in [0.3, 0.4) is 0 Å². The Hall–Kier alpha value is -1.85. The number of benzene rings is 1. The number of ether oxygens (including phenoxy) is 2. The quantitative estimate of drug-likeness (QED) is 0.891. The molecule has 2 aromatic rings. The van der Waals surface area contributed by atoms with Crippen LogP contribution in [0.1, 0.15) is 55.8 Å². The van der Waals surface area contributed by atoms with Crippen molar-refractivity contribution in [2.24, 2.45) is 13.0 Å². The molecule has 1 aromatic heterocycles. The third kappa shape index (κ3) is 3.03. The molecule has 0 spiro atoms. The Morgan fingerprint density at radius 2 is 2.23 bits per heavy atom. The Kier molecular flexibility index (Phi) is 4.53. The zero-order chi connectivity index (χ0) is 18.3. The first-order valence-corrected chi connectivity index (χ1v) is 9.50. The van der Waals surface area contributed by atoms with Crippen molar-refractivity contribution in [1.82, 2.24) is 14.9 Å². The van der Waals surface area contributed by atoms with Crippen LogP contribution >= 0.6 is 0 Å². The van der Waals surface area contributed by atoms with E-state index in [0.29, 0.717) is 12.0 Å². The summed E-state index contributed by atoms with van der Waals surface area (Å²) in [6.45, 7) is 6.40. The first-order valence-electron chi connectivity index (χ1n) is 9.50. The maximum atomic E-state index is 6.01. The number of nitrogens with zero attached hydrogens (tertiary/aromatic N) is 2. The molecule has 5 heteroatoms. The zero-order valence-corrected chi connectivity index (χ0v) is 16.2. The summed E-state index contributed by atoms with van der Waals surface area (Å²) in [6, 6.07) is 6.88. The highest BCUT2D eigenvalue weighted by molar-refractivity contribution is 5.45. The molecule has 1 saturated heterocycles. The van der Waals surface area contributed by atoms with Gasteiger partial charge in [-0.2, -0.15) is 0 Å². The summed E-state index contributed by atoms with van der Waals surface area (Å²) in [5.41, 5.74) is 2.97. The average Bonchev–Trinajstić information content (AvgIpc) is 3.31. The monoisotopic (exact) mass is 355 g/mol. The summed E-state index contributed by atoms with van der Waals surface area (Å²) >= 11 is 0. The predicted octanol–water partition coefficient (Wildman–Crippen LogP) is 3.52. The molecule has 1 aromatic carbocycles. The standard InChI is InChI=1S/C21H29N3O2/c1-21(2)12-18(16-6-5-15(25-4)11-17(16)21)23-13-14-7-10-26-19(14)20-22-8-9-24(20)3/h5-6,8-9,11,14,18-19,23H,7,10,12-13H2,1-4H3/t14-,18?,19+/m0/s1. The van der Waals surface area contributed by atoms with Gasteiger partial charge in [-0.3, -0.25) is 0 Å². The maximum Gasteiger partial charge on any atom is 0.137 e. The Balaban J connectivity index is 1.48. The van der Waals surface area contributed by atoms with Gasteiger partial charge in [0.2, 0.25) is 0 Å². The SMILES string of the molecule is COc1ccc2c(c1)C(C)(C)CC2NC[C@@H]1CCO[C@H]1c1nccn1C. The third-order valence-electron chi connectivity index (χ3n) is 6.03. The third-order valence-corrected chi connectivity index (χ3v) is 6.03. The molecule has 0 amide bonds. The van der Waals surface area contributed by atoms with Gasteiger partial charge in [-0.25, -0.2) is 4.98 Å². The Labute approximate surface area is 155 Å². The van der Waals surface area contributed by atoms with Crippen LogP contribution in [0.5, 0.6) is 5.75 Å². The Bertz CT molecular complexity index is 783. The van der Waals surface area contributed by atoms with Gasteiger partial charge in [0, 0.05) is 44.6 Å². The fourth-order valence-electron chi connectivity index (χ4n) is 4.54. The number of fused-ring (bicyclic) bond motifs is 1. The molecule has 0 radical (unpaired) electrons. The van der Waals surface area contributed by atoms with Crippen molar-refractivity contribution in [3.63, 3.8) is 0 Å². The number of rotatable bonds is 5. The van der Waals surface area contributed by atoms with Gasteiger partial charge >= 0.3 is 0 Å². The number of imidazole rings is 1. The second-order valence-electron chi connectivity index (χ2n) is 8.24. The van der Waals surface area contributed by atoms with Crippen LogP contribution in [-0.4, -0.2) is 29.8 Å². The molecule has 3 atom stereocenters. The molecule has 1 aliphatic carbocycles. The van der Waals surface area contributed by atoms with Gasteiger partial charge in [0.25, 0.3) is 0 Å². The molecular formula is C21H29N3O2. The van der Waals surface area contributed by atoms with Crippen molar-refractivity contribution >= 4 is 0 Å². The number of methoxy groups -OCH3 is 1. The lowest BCUT2D eigenvalue weighted by Crippen LogP contribution is -2.29. The number of hydrogen-bond donors (Lipinski definition) is 1. The van der Waals surface area contributed by atoms with Crippen molar-refractivity contribution in [3.05, 3.63) is 47.5 Å². The lowest BCUT2D eigenvalue weighted by Gasteiger charge is -2.23. The van der Waals surface area contributed by atoms with E-state index in [-0.39, 0.29) is 11.5 Å². The molecule has 1 unspecified atom stereocenters. The van der Waals surface area contributed by atoms with E-state index in [9.17, 15) is 0 Å². The minimum absolute atomic E-state index is 0.0900. The van der Waals surface area contributed by atoms with Gasteiger partial charge in [0.1, 0.15) is 17.7 Å². The van der Waals surface area contributed by atoms with E-state index in [1.165, 1.54) is 11.1 Å². The Morgan fingerprint density at radius 1 is 1.38 bits per heavy atom. The van der Waals surface area contributed by atoms with Gasteiger partial charge in [-0.05, 0) is 41.5 Å². The fourth-order valence-corrected chi connectivity index (χ4v) is 4.54. The van der Waals surface area contributed by atoms with Crippen LogP contribution in [0.4, 0.5) is 0 Å². The molecule has 0 saturated carbocycles. The van der Waals surface area contributed by atoms with Crippen molar-refractivity contribution in [1.29, 1.82) is 0 Å². The summed E-state index contributed by atoms with van der Waals surface area (Å²) in [5.74, 6) is 2.43. The highest BCUT2D eigenvalue weighted by Gasteiger charge is 2.38. The topological polar surface area (TPSA) is 48.3 Å². The summed E-state index contributed by atoms with van der Waals surface area (Å²) in [6.07, 6.45) is 6.12. The first-order chi connectivity index (χ1) is 12.5.